The summed E-state index contributed by atoms with van der Waals surface area (Å²) in [5.74, 6) is 0. The number of rotatable bonds is 3. The van der Waals surface area contributed by atoms with Crippen LogP contribution in [0.15, 0.2) is 24.3 Å². The molecule has 106 valence electrons. The number of fused-ring (bicyclic) bond motifs is 1. The van der Waals surface area contributed by atoms with Crippen LogP contribution in [-0.2, 0) is 10.2 Å². The van der Waals surface area contributed by atoms with E-state index >= 15 is 0 Å². The Bertz CT molecular complexity index is 543. The van der Waals surface area contributed by atoms with Crippen molar-refractivity contribution in [3.05, 3.63) is 29.8 Å². The van der Waals surface area contributed by atoms with Gasteiger partial charge in [0, 0.05) is 39.4 Å². The summed E-state index contributed by atoms with van der Waals surface area (Å²) in [5.41, 5.74) is 2.15. The van der Waals surface area contributed by atoms with Gasteiger partial charge in [-0.1, -0.05) is 18.2 Å². The van der Waals surface area contributed by atoms with Gasteiger partial charge < -0.3 is 4.90 Å². The maximum atomic E-state index is 12.0. The highest BCUT2D eigenvalue weighted by molar-refractivity contribution is 7.87. The monoisotopic (exact) mass is 283 g/mol. The summed E-state index contributed by atoms with van der Waals surface area (Å²) in [7, 11) is 1.71. The Morgan fingerprint density at radius 2 is 2.00 bits per heavy atom. The molecule has 0 radical (unpaired) electrons. The Morgan fingerprint density at radius 1 is 1.32 bits per heavy atom. The van der Waals surface area contributed by atoms with Crippen molar-refractivity contribution in [2.75, 3.05) is 32.6 Å². The van der Waals surface area contributed by atoms with Gasteiger partial charge in [-0.05, 0) is 24.5 Å². The molecule has 1 aromatic carbocycles. The summed E-state index contributed by atoms with van der Waals surface area (Å²) in [6, 6.07) is 7.82. The molecule has 1 atom stereocenters. The van der Waals surface area contributed by atoms with E-state index in [0.29, 0.717) is 0 Å². The third-order valence-electron chi connectivity index (χ3n) is 3.48. The molecule has 1 aliphatic heterocycles. The standard InChI is InChI=1S/C13H21N3O2S/c1-15(2)19(17,18)14-12-8-6-10-16(3)13-9-5-4-7-11(12)13/h4-5,7,9,12,14H,6,8,10H2,1-3H3. The van der Waals surface area contributed by atoms with E-state index in [9.17, 15) is 8.42 Å². The molecule has 1 heterocycles. The molecule has 0 saturated carbocycles. The van der Waals surface area contributed by atoms with Gasteiger partial charge in [-0.2, -0.15) is 17.4 Å². The van der Waals surface area contributed by atoms with Crippen LogP contribution in [0.4, 0.5) is 5.69 Å². The van der Waals surface area contributed by atoms with E-state index in [0.717, 1.165) is 30.6 Å². The first kappa shape index (κ1) is 14.3. The lowest BCUT2D eigenvalue weighted by molar-refractivity contribution is 0.480. The lowest BCUT2D eigenvalue weighted by Gasteiger charge is -2.23. The zero-order valence-corrected chi connectivity index (χ0v) is 12.4. The summed E-state index contributed by atoms with van der Waals surface area (Å²) in [6.45, 7) is 0.942. The zero-order chi connectivity index (χ0) is 14.0. The lowest BCUT2D eigenvalue weighted by Crippen LogP contribution is -2.38. The number of anilines is 1. The van der Waals surface area contributed by atoms with Crippen molar-refractivity contribution in [2.45, 2.75) is 18.9 Å². The number of hydrogen-bond acceptors (Lipinski definition) is 3. The largest absolute Gasteiger partial charge is 0.374 e. The average molecular weight is 283 g/mol. The van der Waals surface area contributed by atoms with Crippen molar-refractivity contribution in [2.24, 2.45) is 0 Å². The second-order valence-corrected chi connectivity index (χ2v) is 7.00. The summed E-state index contributed by atoms with van der Waals surface area (Å²) < 4.78 is 28.0. The van der Waals surface area contributed by atoms with Gasteiger partial charge >= 0.3 is 0 Å². The molecule has 1 aromatic rings. The molecule has 1 N–H and O–H groups in total. The fraction of sp³-hybridized carbons (Fsp3) is 0.538. The van der Waals surface area contributed by atoms with Crippen molar-refractivity contribution in [3.63, 3.8) is 0 Å². The third kappa shape index (κ3) is 3.08. The highest BCUT2D eigenvalue weighted by atomic mass is 32.2. The Balaban J connectivity index is 2.34. The number of benzene rings is 1. The SMILES string of the molecule is CN1CCCC(NS(=O)(=O)N(C)C)c2ccccc21. The molecule has 0 aliphatic carbocycles. The predicted octanol–water partition coefficient (Wildman–Crippen LogP) is 1.35. The van der Waals surface area contributed by atoms with E-state index in [2.05, 4.69) is 9.62 Å². The molecular formula is C13H21N3O2S. The Labute approximate surface area is 115 Å². The minimum absolute atomic E-state index is 0.159. The molecule has 0 amide bonds. The van der Waals surface area contributed by atoms with E-state index in [-0.39, 0.29) is 6.04 Å². The number of nitrogens with zero attached hydrogens (tertiary/aromatic N) is 2. The lowest BCUT2D eigenvalue weighted by atomic mass is 10.0. The summed E-state index contributed by atoms with van der Waals surface area (Å²) in [4.78, 5) is 2.18. The number of hydrogen-bond donors (Lipinski definition) is 1. The smallest absolute Gasteiger partial charge is 0.279 e. The van der Waals surface area contributed by atoms with Crippen LogP contribution in [0.1, 0.15) is 24.4 Å². The van der Waals surface area contributed by atoms with Gasteiger partial charge in [-0.15, -0.1) is 0 Å². The molecule has 2 rings (SSSR count). The van der Waals surface area contributed by atoms with E-state index in [1.807, 2.05) is 31.3 Å². The third-order valence-corrected chi connectivity index (χ3v) is 5.03. The second kappa shape index (κ2) is 5.48. The average Bonchev–Trinajstić information content (AvgIpc) is 2.50. The van der Waals surface area contributed by atoms with Crippen molar-refractivity contribution in [1.29, 1.82) is 0 Å². The Kier molecular flexibility index (Phi) is 4.13. The highest BCUT2D eigenvalue weighted by Gasteiger charge is 2.25. The van der Waals surface area contributed by atoms with Crippen LogP contribution >= 0.6 is 0 Å². The highest BCUT2D eigenvalue weighted by Crippen LogP contribution is 2.32. The van der Waals surface area contributed by atoms with Crippen molar-refractivity contribution in [3.8, 4) is 0 Å². The molecule has 6 heteroatoms. The molecule has 0 spiro atoms. The topological polar surface area (TPSA) is 52.7 Å². The maximum absolute atomic E-state index is 12.0. The Morgan fingerprint density at radius 3 is 2.68 bits per heavy atom. The van der Waals surface area contributed by atoms with Crippen LogP contribution in [0.5, 0.6) is 0 Å². The minimum Gasteiger partial charge on any atom is -0.374 e. The van der Waals surface area contributed by atoms with Gasteiger partial charge in [0.2, 0.25) is 0 Å². The fourth-order valence-electron chi connectivity index (χ4n) is 2.35. The molecule has 19 heavy (non-hydrogen) atoms. The quantitative estimate of drug-likeness (QED) is 0.911. The van der Waals surface area contributed by atoms with Gasteiger partial charge in [0.05, 0.1) is 0 Å². The zero-order valence-electron chi connectivity index (χ0n) is 11.6. The van der Waals surface area contributed by atoms with E-state index in [4.69, 9.17) is 0 Å². The molecule has 1 aliphatic rings. The maximum Gasteiger partial charge on any atom is 0.279 e. The molecule has 0 aromatic heterocycles. The van der Waals surface area contributed by atoms with E-state index in [1.54, 1.807) is 0 Å². The van der Waals surface area contributed by atoms with Crippen LogP contribution < -0.4 is 9.62 Å². The molecule has 0 saturated heterocycles. The van der Waals surface area contributed by atoms with Gasteiger partial charge in [-0.3, -0.25) is 0 Å². The summed E-state index contributed by atoms with van der Waals surface area (Å²) in [5, 5.41) is 0. The van der Waals surface area contributed by atoms with Gasteiger partial charge in [0.15, 0.2) is 0 Å². The normalized spacial score (nSPS) is 20.2. The van der Waals surface area contributed by atoms with E-state index in [1.165, 1.54) is 18.4 Å². The molecule has 5 nitrogen and oxygen atoms in total. The molecule has 0 bridgehead atoms. The molecular weight excluding hydrogens is 262 g/mol. The first-order valence-electron chi connectivity index (χ1n) is 6.41. The van der Waals surface area contributed by atoms with Crippen molar-refractivity contribution >= 4 is 15.9 Å². The first-order chi connectivity index (χ1) is 8.92. The summed E-state index contributed by atoms with van der Waals surface area (Å²) >= 11 is 0. The second-order valence-electron chi connectivity index (χ2n) is 5.08. The first-order valence-corrected chi connectivity index (χ1v) is 7.85. The predicted molar refractivity (Wildman–Crippen MR) is 77.4 cm³/mol. The fourth-order valence-corrected chi connectivity index (χ4v) is 3.16. The van der Waals surface area contributed by atoms with Crippen LogP contribution in [0.2, 0.25) is 0 Å². The van der Waals surface area contributed by atoms with Crippen LogP contribution in [0, 0.1) is 0 Å². The number of nitrogens with one attached hydrogen (secondary N) is 1. The molecule has 1 unspecified atom stereocenters. The van der Waals surface area contributed by atoms with Crippen LogP contribution in [0.25, 0.3) is 0 Å². The Hall–Kier alpha value is -1.11. The minimum atomic E-state index is -3.41. The summed E-state index contributed by atoms with van der Waals surface area (Å²) in [6.07, 6.45) is 1.78. The van der Waals surface area contributed by atoms with Crippen LogP contribution in [0.3, 0.4) is 0 Å². The van der Waals surface area contributed by atoms with Gasteiger partial charge in [0.1, 0.15) is 0 Å². The van der Waals surface area contributed by atoms with Crippen molar-refractivity contribution < 1.29 is 8.42 Å². The van der Waals surface area contributed by atoms with E-state index < -0.39 is 10.2 Å². The van der Waals surface area contributed by atoms with Crippen molar-refractivity contribution in [1.82, 2.24) is 9.03 Å². The molecule has 0 fully saturated rings. The van der Waals surface area contributed by atoms with Gasteiger partial charge in [0.25, 0.3) is 10.2 Å². The number of para-hydroxylation sites is 1. The van der Waals surface area contributed by atoms with Gasteiger partial charge in [-0.25, -0.2) is 0 Å². The van der Waals surface area contributed by atoms with Crippen LogP contribution in [-0.4, -0.2) is 40.4 Å².